The minimum absolute atomic E-state index is 0. The molecule has 0 saturated carbocycles. The number of carbonyl (C=O) groups excluding carboxylic acids is 1. The molecule has 1 aliphatic heterocycles. The van der Waals surface area contributed by atoms with E-state index in [0.29, 0.717) is 6.54 Å². The third-order valence-electron chi connectivity index (χ3n) is 3.75. The quantitative estimate of drug-likeness (QED) is 0.374. The Morgan fingerprint density at radius 3 is 2.68 bits per heavy atom. The molecule has 1 aromatic rings. The SMILES string of the molecule is I.NC(=O)C1CCCN(Cc2cccc(CN=C(N)N)c2)C1. The van der Waals surface area contributed by atoms with E-state index in [1.807, 2.05) is 12.1 Å². The summed E-state index contributed by atoms with van der Waals surface area (Å²) >= 11 is 0. The second-order valence-corrected chi connectivity index (χ2v) is 5.54. The predicted molar refractivity (Wildman–Crippen MR) is 98.6 cm³/mol. The monoisotopic (exact) mass is 417 g/mol. The summed E-state index contributed by atoms with van der Waals surface area (Å²) in [6, 6.07) is 8.17. The van der Waals surface area contributed by atoms with Gasteiger partial charge < -0.3 is 17.2 Å². The lowest BCUT2D eigenvalue weighted by Crippen LogP contribution is -2.40. The number of hydrogen-bond acceptors (Lipinski definition) is 3. The zero-order chi connectivity index (χ0) is 15.2. The molecular formula is C15H24IN5O. The number of nitrogens with two attached hydrogens (primary N) is 3. The van der Waals surface area contributed by atoms with Crippen molar-refractivity contribution in [2.24, 2.45) is 28.1 Å². The van der Waals surface area contributed by atoms with Crippen LogP contribution in [0.2, 0.25) is 0 Å². The molecular weight excluding hydrogens is 393 g/mol. The van der Waals surface area contributed by atoms with Gasteiger partial charge in [0.25, 0.3) is 0 Å². The number of halogens is 1. The number of piperidine rings is 1. The molecule has 1 saturated heterocycles. The molecule has 1 aromatic carbocycles. The molecule has 1 heterocycles. The van der Waals surface area contributed by atoms with Crippen LogP contribution in [0.1, 0.15) is 24.0 Å². The summed E-state index contributed by atoms with van der Waals surface area (Å²) in [7, 11) is 0. The van der Waals surface area contributed by atoms with Crippen molar-refractivity contribution in [2.45, 2.75) is 25.9 Å². The molecule has 122 valence electrons. The highest BCUT2D eigenvalue weighted by Gasteiger charge is 2.23. The molecule has 1 atom stereocenters. The summed E-state index contributed by atoms with van der Waals surface area (Å²) in [6.45, 7) is 3.05. The van der Waals surface area contributed by atoms with Crippen molar-refractivity contribution in [3.63, 3.8) is 0 Å². The van der Waals surface area contributed by atoms with Crippen LogP contribution in [0.5, 0.6) is 0 Å². The number of carbonyl (C=O) groups is 1. The Labute approximate surface area is 148 Å². The summed E-state index contributed by atoms with van der Waals surface area (Å²) in [6.07, 6.45) is 1.91. The molecule has 0 spiro atoms. The molecule has 1 fully saturated rings. The minimum atomic E-state index is -0.193. The van der Waals surface area contributed by atoms with Gasteiger partial charge in [-0.1, -0.05) is 24.3 Å². The fourth-order valence-corrected chi connectivity index (χ4v) is 2.70. The lowest BCUT2D eigenvalue weighted by Gasteiger charge is -2.31. The third kappa shape index (κ3) is 5.80. The van der Waals surface area contributed by atoms with Crippen molar-refractivity contribution in [2.75, 3.05) is 13.1 Å². The number of amides is 1. The van der Waals surface area contributed by atoms with Crippen molar-refractivity contribution in [1.29, 1.82) is 0 Å². The number of nitrogens with zero attached hydrogens (tertiary/aromatic N) is 2. The van der Waals surface area contributed by atoms with Gasteiger partial charge in [0.05, 0.1) is 12.5 Å². The fourth-order valence-electron chi connectivity index (χ4n) is 2.70. The van der Waals surface area contributed by atoms with E-state index in [4.69, 9.17) is 17.2 Å². The van der Waals surface area contributed by atoms with E-state index in [-0.39, 0.29) is 41.8 Å². The molecule has 1 aliphatic rings. The predicted octanol–water partition coefficient (Wildman–Crippen LogP) is 0.775. The minimum Gasteiger partial charge on any atom is -0.370 e. The summed E-state index contributed by atoms with van der Waals surface area (Å²) < 4.78 is 0. The first kappa shape index (κ1) is 18.7. The van der Waals surface area contributed by atoms with E-state index in [2.05, 4.69) is 22.0 Å². The van der Waals surface area contributed by atoms with Crippen molar-refractivity contribution in [3.8, 4) is 0 Å². The van der Waals surface area contributed by atoms with Crippen molar-refractivity contribution in [3.05, 3.63) is 35.4 Å². The van der Waals surface area contributed by atoms with Gasteiger partial charge in [0.2, 0.25) is 5.91 Å². The normalized spacial score (nSPS) is 18.3. The Hall–Kier alpha value is -1.35. The second kappa shape index (κ2) is 8.94. The third-order valence-corrected chi connectivity index (χ3v) is 3.75. The zero-order valence-corrected chi connectivity index (χ0v) is 14.9. The molecule has 1 unspecified atom stereocenters. The van der Waals surface area contributed by atoms with Crippen molar-refractivity contribution >= 4 is 35.8 Å². The maximum absolute atomic E-state index is 11.3. The van der Waals surface area contributed by atoms with Gasteiger partial charge in [0, 0.05) is 13.1 Å². The van der Waals surface area contributed by atoms with E-state index in [1.54, 1.807) is 0 Å². The Kier molecular flexibility index (Phi) is 7.60. The van der Waals surface area contributed by atoms with E-state index >= 15 is 0 Å². The topological polar surface area (TPSA) is 111 Å². The van der Waals surface area contributed by atoms with Crippen LogP contribution in [0, 0.1) is 5.92 Å². The number of benzene rings is 1. The molecule has 7 heteroatoms. The number of aliphatic imine (C=N–C) groups is 1. The summed E-state index contributed by atoms with van der Waals surface area (Å²) in [5, 5.41) is 0. The molecule has 0 aromatic heterocycles. The smallest absolute Gasteiger partial charge is 0.221 e. The van der Waals surface area contributed by atoms with Crippen LogP contribution in [-0.2, 0) is 17.9 Å². The summed E-state index contributed by atoms with van der Waals surface area (Å²) in [5.74, 6) is -0.120. The van der Waals surface area contributed by atoms with Crippen LogP contribution in [-0.4, -0.2) is 29.9 Å². The standard InChI is InChI=1S/C15H23N5O.HI/c16-14(21)13-5-2-6-20(10-13)9-12-4-1-3-11(7-12)8-19-15(17)18;/h1,3-4,7,13H,2,5-6,8-10H2,(H2,16,21)(H4,17,18,19);1H. The van der Waals surface area contributed by atoms with Gasteiger partial charge in [0.1, 0.15) is 0 Å². The lowest BCUT2D eigenvalue weighted by molar-refractivity contribution is -0.123. The number of rotatable bonds is 5. The van der Waals surface area contributed by atoms with Crippen LogP contribution < -0.4 is 17.2 Å². The first-order valence-electron chi connectivity index (χ1n) is 7.19. The molecule has 6 N–H and O–H groups in total. The second-order valence-electron chi connectivity index (χ2n) is 5.54. The van der Waals surface area contributed by atoms with Gasteiger partial charge in [-0.3, -0.25) is 9.69 Å². The van der Waals surface area contributed by atoms with Gasteiger partial charge in [0.15, 0.2) is 5.96 Å². The highest BCUT2D eigenvalue weighted by atomic mass is 127. The van der Waals surface area contributed by atoms with Gasteiger partial charge in [-0.2, -0.15) is 0 Å². The average Bonchev–Trinajstić information content (AvgIpc) is 2.46. The summed E-state index contributed by atoms with van der Waals surface area (Å²) in [4.78, 5) is 17.6. The molecule has 0 bridgehead atoms. The van der Waals surface area contributed by atoms with Crippen LogP contribution >= 0.6 is 24.0 Å². The first-order chi connectivity index (χ1) is 10.0. The Bertz CT molecular complexity index is 530. The maximum atomic E-state index is 11.3. The number of primary amides is 1. The van der Waals surface area contributed by atoms with Gasteiger partial charge in [-0.15, -0.1) is 24.0 Å². The first-order valence-corrected chi connectivity index (χ1v) is 7.19. The maximum Gasteiger partial charge on any atom is 0.221 e. The Morgan fingerprint density at radius 1 is 1.27 bits per heavy atom. The molecule has 0 radical (unpaired) electrons. The molecule has 1 amide bonds. The highest BCUT2D eigenvalue weighted by molar-refractivity contribution is 14.0. The fraction of sp³-hybridized carbons (Fsp3) is 0.467. The van der Waals surface area contributed by atoms with Gasteiger partial charge in [-0.25, -0.2) is 4.99 Å². The summed E-state index contributed by atoms with van der Waals surface area (Å²) in [5.41, 5.74) is 18.4. The van der Waals surface area contributed by atoms with Crippen LogP contribution in [0.3, 0.4) is 0 Å². The van der Waals surface area contributed by atoms with Crippen molar-refractivity contribution < 1.29 is 4.79 Å². The lowest BCUT2D eigenvalue weighted by atomic mass is 9.97. The van der Waals surface area contributed by atoms with E-state index in [1.165, 1.54) is 5.56 Å². The Morgan fingerprint density at radius 2 is 2.00 bits per heavy atom. The van der Waals surface area contributed by atoms with Crippen molar-refractivity contribution in [1.82, 2.24) is 4.90 Å². The van der Waals surface area contributed by atoms with Crippen LogP contribution in [0.25, 0.3) is 0 Å². The van der Waals surface area contributed by atoms with Gasteiger partial charge >= 0.3 is 0 Å². The van der Waals surface area contributed by atoms with Gasteiger partial charge in [-0.05, 0) is 30.5 Å². The average molecular weight is 417 g/mol. The number of likely N-dealkylation sites (tertiary alicyclic amines) is 1. The number of guanidine groups is 1. The van der Waals surface area contributed by atoms with E-state index in [9.17, 15) is 4.79 Å². The van der Waals surface area contributed by atoms with Crippen LogP contribution in [0.15, 0.2) is 29.3 Å². The Balaban J connectivity index is 0.00000242. The van der Waals surface area contributed by atoms with Crippen LogP contribution in [0.4, 0.5) is 0 Å². The zero-order valence-electron chi connectivity index (χ0n) is 12.6. The molecule has 22 heavy (non-hydrogen) atoms. The number of hydrogen-bond donors (Lipinski definition) is 3. The van der Waals surface area contributed by atoms with E-state index < -0.39 is 0 Å². The highest BCUT2D eigenvalue weighted by Crippen LogP contribution is 2.18. The molecule has 6 nitrogen and oxygen atoms in total. The molecule has 0 aliphatic carbocycles. The van der Waals surface area contributed by atoms with E-state index in [0.717, 1.165) is 38.0 Å². The molecule has 2 rings (SSSR count). The largest absolute Gasteiger partial charge is 0.370 e.